The average molecular weight is 378 g/mol. The number of nitro groups is 1. The van der Waals surface area contributed by atoms with Crippen LogP contribution in [0.15, 0.2) is 48.5 Å². The first-order valence-electron chi connectivity index (χ1n) is 8.78. The number of para-hydroxylation sites is 1. The summed E-state index contributed by atoms with van der Waals surface area (Å²) in [5, 5.41) is 11.6. The van der Waals surface area contributed by atoms with Gasteiger partial charge in [0.05, 0.1) is 10.6 Å². The molecule has 0 radical (unpaired) electrons. The maximum Gasteiger partial charge on any atom is 0.333 e. The highest BCUT2D eigenvalue weighted by Gasteiger charge is 2.25. The van der Waals surface area contributed by atoms with Gasteiger partial charge in [0, 0.05) is 12.7 Å². The first kappa shape index (κ1) is 19.1. The fraction of sp³-hybridized carbons (Fsp3) is 0.200. The van der Waals surface area contributed by atoms with Crippen molar-refractivity contribution in [1.29, 1.82) is 0 Å². The Labute approximate surface area is 163 Å². The molecule has 0 aliphatic carbocycles. The molecule has 0 aliphatic heterocycles. The number of aromatic nitrogens is 2. The van der Waals surface area contributed by atoms with Gasteiger partial charge in [0.25, 0.3) is 0 Å². The highest BCUT2D eigenvalue weighted by atomic mass is 16.6. The predicted octanol–water partition coefficient (Wildman–Crippen LogP) is 4.52. The molecule has 0 fully saturated rings. The molecule has 0 bridgehead atoms. The van der Waals surface area contributed by atoms with Crippen molar-refractivity contribution in [1.82, 2.24) is 9.97 Å². The van der Waals surface area contributed by atoms with E-state index in [2.05, 4.69) is 20.8 Å². The molecule has 8 nitrogen and oxygen atoms in total. The molecule has 144 valence electrons. The molecule has 3 aromatic rings. The number of aryl methyl sites for hydroxylation is 3. The van der Waals surface area contributed by atoms with E-state index in [9.17, 15) is 10.1 Å². The molecule has 28 heavy (non-hydrogen) atoms. The van der Waals surface area contributed by atoms with E-state index >= 15 is 0 Å². The molecule has 1 aromatic heterocycles. The van der Waals surface area contributed by atoms with Gasteiger partial charge in [-0.25, -0.2) is 4.98 Å². The molecule has 3 rings (SSSR count). The van der Waals surface area contributed by atoms with Gasteiger partial charge >= 0.3 is 5.69 Å². The van der Waals surface area contributed by atoms with Crippen LogP contribution in [0.4, 0.5) is 28.8 Å². The Hall–Kier alpha value is -3.68. The number of anilines is 4. The Morgan fingerprint density at radius 2 is 1.68 bits per heavy atom. The van der Waals surface area contributed by atoms with Crippen molar-refractivity contribution in [3.05, 3.63) is 75.5 Å². The molecule has 0 unspecified atom stereocenters. The van der Waals surface area contributed by atoms with Crippen LogP contribution in [0.1, 0.15) is 16.8 Å². The summed E-state index contributed by atoms with van der Waals surface area (Å²) < 4.78 is 0. The molecule has 1 heterocycles. The summed E-state index contributed by atoms with van der Waals surface area (Å²) in [6, 6.07) is 15.3. The van der Waals surface area contributed by atoms with Gasteiger partial charge in [-0.15, -0.1) is 0 Å². The van der Waals surface area contributed by atoms with Crippen LogP contribution in [0.25, 0.3) is 0 Å². The van der Waals surface area contributed by atoms with Gasteiger partial charge in [-0.05, 0) is 56.2 Å². The van der Waals surface area contributed by atoms with Crippen molar-refractivity contribution < 1.29 is 4.92 Å². The molecular weight excluding hydrogens is 356 g/mol. The monoisotopic (exact) mass is 378 g/mol. The fourth-order valence-corrected chi connectivity index (χ4v) is 2.78. The summed E-state index contributed by atoms with van der Waals surface area (Å²) in [4.78, 5) is 21.4. The third-order valence-electron chi connectivity index (χ3n) is 4.51. The van der Waals surface area contributed by atoms with Crippen molar-refractivity contribution in [3.8, 4) is 0 Å². The summed E-state index contributed by atoms with van der Waals surface area (Å²) >= 11 is 0. The minimum atomic E-state index is -0.454. The largest absolute Gasteiger partial charge is 0.333 e. The number of hydrogen-bond donors (Lipinski definition) is 2. The zero-order valence-electron chi connectivity index (χ0n) is 16.2. The van der Waals surface area contributed by atoms with Crippen molar-refractivity contribution >= 4 is 28.8 Å². The lowest BCUT2D eigenvalue weighted by molar-refractivity contribution is -0.385. The zero-order chi connectivity index (χ0) is 20.3. The van der Waals surface area contributed by atoms with Gasteiger partial charge in [0.15, 0.2) is 0 Å². The Bertz CT molecular complexity index is 1010. The average Bonchev–Trinajstić information content (AvgIpc) is 2.68. The lowest BCUT2D eigenvalue weighted by atomic mass is 10.1. The van der Waals surface area contributed by atoms with Crippen LogP contribution in [0.3, 0.4) is 0 Å². The van der Waals surface area contributed by atoms with Crippen molar-refractivity contribution in [3.63, 3.8) is 0 Å². The van der Waals surface area contributed by atoms with Crippen LogP contribution in [-0.4, -0.2) is 21.9 Å². The standard InChI is InChI=1S/C20H22N6O2/c1-13-10-11-16(12-14(13)2)23-24-20-21-15(3)18(26(27)28)19(22-20)25(4)17-8-6-5-7-9-17/h5-12,23H,1-4H3,(H,21,22,24). The number of nitrogens with one attached hydrogen (secondary N) is 2. The first-order valence-corrected chi connectivity index (χ1v) is 8.78. The van der Waals surface area contributed by atoms with Gasteiger partial charge in [0.1, 0.15) is 5.69 Å². The third kappa shape index (κ3) is 4.01. The second kappa shape index (κ2) is 7.91. The van der Waals surface area contributed by atoms with E-state index in [4.69, 9.17) is 0 Å². The fourth-order valence-electron chi connectivity index (χ4n) is 2.78. The Morgan fingerprint density at radius 1 is 0.964 bits per heavy atom. The quantitative estimate of drug-likeness (QED) is 0.481. The van der Waals surface area contributed by atoms with E-state index in [0.29, 0.717) is 0 Å². The maximum atomic E-state index is 11.6. The van der Waals surface area contributed by atoms with Crippen molar-refractivity contribution in [2.45, 2.75) is 20.8 Å². The minimum absolute atomic E-state index is 0.122. The van der Waals surface area contributed by atoms with Gasteiger partial charge in [-0.1, -0.05) is 24.3 Å². The topological polar surface area (TPSA) is 96.2 Å². The second-order valence-corrected chi connectivity index (χ2v) is 6.51. The first-order chi connectivity index (χ1) is 13.4. The SMILES string of the molecule is Cc1ccc(NNc2nc(C)c([N+](=O)[O-])c(N(C)c3ccccc3)n2)cc1C. The maximum absolute atomic E-state index is 11.6. The van der Waals surface area contributed by atoms with Crippen LogP contribution in [0.5, 0.6) is 0 Å². The number of hydrogen-bond acceptors (Lipinski definition) is 7. The molecule has 0 aliphatic rings. The zero-order valence-corrected chi connectivity index (χ0v) is 16.2. The summed E-state index contributed by atoms with van der Waals surface area (Å²) in [5.74, 6) is 0.465. The van der Waals surface area contributed by atoms with Crippen molar-refractivity contribution in [2.24, 2.45) is 0 Å². The number of rotatable bonds is 6. The van der Waals surface area contributed by atoms with E-state index in [0.717, 1.165) is 16.9 Å². The smallest absolute Gasteiger partial charge is 0.324 e. The molecule has 0 saturated carbocycles. The molecule has 8 heteroatoms. The van der Waals surface area contributed by atoms with Crippen LogP contribution in [-0.2, 0) is 0 Å². The third-order valence-corrected chi connectivity index (χ3v) is 4.51. The lowest BCUT2D eigenvalue weighted by Gasteiger charge is -2.19. The van der Waals surface area contributed by atoms with Crippen LogP contribution in [0.2, 0.25) is 0 Å². The van der Waals surface area contributed by atoms with Crippen molar-refractivity contribution in [2.75, 3.05) is 22.8 Å². The summed E-state index contributed by atoms with van der Waals surface area (Å²) in [6.45, 7) is 5.67. The Kier molecular flexibility index (Phi) is 5.39. The summed E-state index contributed by atoms with van der Waals surface area (Å²) in [6.07, 6.45) is 0. The van der Waals surface area contributed by atoms with Crippen LogP contribution >= 0.6 is 0 Å². The Morgan fingerprint density at radius 3 is 2.32 bits per heavy atom. The van der Waals surface area contributed by atoms with Crippen LogP contribution in [0, 0.1) is 30.9 Å². The summed E-state index contributed by atoms with van der Waals surface area (Å²) in [5.41, 5.74) is 10.1. The van der Waals surface area contributed by atoms with E-state index in [1.165, 1.54) is 5.56 Å². The minimum Gasteiger partial charge on any atom is -0.324 e. The number of hydrazine groups is 1. The van der Waals surface area contributed by atoms with Gasteiger partial charge in [-0.2, -0.15) is 4.98 Å². The number of benzene rings is 2. The second-order valence-electron chi connectivity index (χ2n) is 6.51. The Balaban J connectivity index is 1.93. The van der Waals surface area contributed by atoms with Gasteiger partial charge < -0.3 is 4.90 Å². The molecule has 0 saturated heterocycles. The van der Waals surface area contributed by atoms with E-state index in [-0.39, 0.29) is 23.1 Å². The van der Waals surface area contributed by atoms with Gasteiger partial charge in [-0.3, -0.25) is 21.0 Å². The molecule has 0 atom stereocenters. The normalized spacial score (nSPS) is 10.4. The molecule has 0 amide bonds. The predicted molar refractivity (Wildman–Crippen MR) is 111 cm³/mol. The van der Waals surface area contributed by atoms with E-state index in [1.54, 1.807) is 18.9 Å². The van der Waals surface area contributed by atoms with E-state index < -0.39 is 4.92 Å². The van der Waals surface area contributed by atoms with E-state index in [1.807, 2.05) is 62.4 Å². The molecule has 0 spiro atoms. The molecule has 2 aromatic carbocycles. The summed E-state index contributed by atoms with van der Waals surface area (Å²) in [7, 11) is 1.74. The van der Waals surface area contributed by atoms with Gasteiger partial charge in [0.2, 0.25) is 11.8 Å². The lowest BCUT2D eigenvalue weighted by Crippen LogP contribution is -2.18. The highest BCUT2D eigenvalue weighted by molar-refractivity contribution is 5.70. The molecular formula is C20H22N6O2. The number of nitrogens with zero attached hydrogens (tertiary/aromatic N) is 4. The highest BCUT2D eigenvalue weighted by Crippen LogP contribution is 2.33. The van der Waals surface area contributed by atoms with Crippen LogP contribution < -0.4 is 15.8 Å². The molecule has 2 N–H and O–H groups in total.